The summed E-state index contributed by atoms with van der Waals surface area (Å²) in [6.45, 7) is 1.66. The smallest absolute Gasteiger partial charge is 0.255 e. The monoisotopic (exact) mass is 385 g/mol. The Bertz CT molecular complexity index is 833. The van der Waals surface area contributed by atoms with E-state index in [-0.39, 0.29) is 24.3 Å². The maximum atomic E-state index is 12.6. The van der Waals surface area contributed by atoms with Gasteiger partial charge in [0.25, 0.3) is 11.8 Å². The highest BCUT2D eigenvalue weighted by Crippen LogP contribution is 2.18. The lowest BCUT2D eigenvalue weighted by Crippen LogP contribution is -2.52. The number of benzene rings is 2. The maximum Gasteiger partial charge on any atom is 0.255 e. The number of hydrogen-bond donors (Lipinski definition) is 1. The normalized spacial score (nSPS) is 14.0. The molecule has 1 heterocycles. The summed E-state index contributed by atoms with van der Waals surface area (Å²) in [7, 11) is 0. The minimum Gasteiger partial charge on any atom is -0.343 e. The molecule has 3 amide bonds. The van der Waals surface area contributed by atoms with Crippen LogP contribution in [0.25, 0.3) is 0 Å². The number of hydrogen-bond acceptors (Lipinski definition) is 3. The number of nitrogens with one attached hydrogen (secondary N) is 1. The average Bonchev–Trinajstić information content (AvgIpc) is 2.72. The highest BCUT2D eigenvalue weighted by molar-refractivity contribution is 6.33. The molecule has 27 heavy (non-hydrogen) atoms. The summed E-state index contributed by atoms with van der Waals surface area (Å²) in [5.74, 6) is -0.578. The van der Waals surface area contributed by atoms with Gasteiger partial charge in [0.1, 0.15) is 0 Å². The molecule has 140 valence electrons. The van der Waals surface area contributed by atoms with Crippen molar-refractivity contribution in [2.24, 2.45) is 0 Å². The molecule has 2 aromatic rings. The molecule has 0 atom stereocenters. The maximum absolute atomic E-state index is 12.6. The molecule has 1 saturated heterocycles. The Morgan fingerprint density at radius 3 is 2.11 bits per heavy atom. The summed E-state index contributed by atoms with van der Waals surface area (Å²) in [5.41, 5.74) is 0.981. The summed E-state index contributed by atoms with van der Waals surface area (Å²) in [4.78, 5) is 40.2. The molecule has 1 N–H and O–H groups in total. The van der Waals surface area contributed by atoms with Crippen molar-refractivity contribution in [3.05, 3.63) is 70.7 Å². The quantitative estimate of drug-likeness (QED) is 0.875. The standard InChI is InChI=1S/C20H20ClN3O3/c21-17-9-5-4-8-16(17)20(27)24-12-10-23(11-13-24)18(25)14-22-19(26)15-6-2-1-3-7-15/h1-9H,10-14H2,(H,22,26). The van der Waals surface area contributed by atoms with E-state index in [4.69, 9.17) is 11.6 Å². The van der Waals surface area contributed by atoms with Gasteiger partial charge in [-0.15, -0.1) is 0 Å². The molecule has 2 aromatic carbocycles. The van der Waals surface area contributed by atoms with E-state index in [9.17, 15) is 14.4 Å². The molecule has 0 aliphatic carbocycles. The van der Waals surface area contributed by atoms with Crippen molar-refractivity contribution in [3.63, 3.8) is 0 Å². The Kier molecular flexibility index (Phi) is 6.08. The predicted octanol–water partition coefficient (Wildman–Crippen LogP) is 2.05. The molecule has 1 aliphatic rings. The van der Waals surface area contributed by atoms with Gasteiger partial charge in [-0.2, -0.15) is 0 Å². The second-order valence-electron chi connectivity index (χ2n) is 6.20. The third-order valence-electron chi connectivity index (χ3n) is 4.46. The Morgan fingerprint density at radius 2 is 1.44 bits per heavy atom. The fraction of sp³-hybridized carbons (Fsp3) is 0.250. The van der Waals surface area contributed by atoms with Crippen LogP contribution in [-0.4, -0.2) is 60.2 Å². The van der Waals surface area contributed by atoms with Crippen LogP contribution in [0.4, 0.5) is 0 Å². The molecule has 6 nitrogen and oxygen atoms in total. The molecule has 0 radical (unpaired) electrons. The van der Waals surface area contributed by atoms with E-state index in [2.05, 4.69) is 5.32 Å². The van der Waals surface area contributed by atoms with Crippen molar-refractivity contribution in [2.75, 3.05) is 32.7 Å². The van der Waals surface area contributed by atoms with E-state index in [1.165, 1.54) is 0 Å². The molecule has 0 spiro atoms. The van der Waals surface area contributed by atoms with Crippen LogP contribution in [0, 0.1) is 0 Å². The SMILES string of the molecule is O=C(NCC(=O)N1CCN(C(=O)c2ccccc2Cl)CC1)c1ccccc1. The largest absolute Gasteiger partial charge is 0.343 e. The molecule has 0 bridgehead atoms. The summed E-state index contributed by atoms with van der Waals surface area (Å²) < 4.78 is 0. The van der Waals surface area contributed by atoms with Crippen LogP contribution >= 0.6 is 11.6 Å². The van der Waals surface area contributed by atoms with Crippen LogP contribution in [0.2, 0.25) is 5.02 Å². The van der Waals surface area contributed by atoms with E-state index in [1.54, 1.807) is 58.3 Å². The lowest BCUT2D eigenvalue weighted by molar-refractivity contribution is -0.131. The number of carbonyl (C=O) groups is 3. The Labute approximate surface area is 162 Å². The molecule has 1 aliphatic heterocycles. The number of rotatable bonds is 4. The number of piperazine rings is 1. The van der Waals surface area contributed by atoms with Crippen LogP contribution in [0.3, 0.4) is 0 Å². The number of amides is 3. The van der Waals surface area contributed by atoms with Crippen LogP contribution < -0.4 is 5.32 Å². The molecule has 7 heteroatoms. The highest BCUT2D eigenvalue weighted by atomic mass is 35.5. The summed E-state index contributed by atoms with van der Waals surface area (Å²) in [6, 6.07) is 15.7. The third kappa shape index (κ3) is 4.65. The van der Waals surface area contributed by atoms with Crippen LogP contribution in [0.5, 0.6) is 0 Å². The van der Waals surface area contributed by atoms with Gasteiger partial charge < -0.3 is 15.1 Å². The second-order valence-corrected chi connectivity index (χ2v) is 6.61. The van der Waals surface area contributed by atoms with E-state index in [0.717, 1.165) is 0 Å². The predicted molar refractivity (Wildman–Crippen MR) is 103 cm³/mol. The first-order chi connectivity index (χ1) is 13.1. The van der Waals surface area contributed by atoms with Crippen LogP contribution in [0.1, 0.15) is 20.7 Å². The molecular weight excluding hydrogens is 366 g/mol. The molecule has 3 rings (SSSR count). The molecule has 0 aromatic heterocycles. The van der Waals surface area contributed by atoms with Gasteiger partial charge in [0.2, 0.25) is 5.91 Å². The van der Waals surface area contributed by atoms with Gasteiger partial charge in [-0.3, -0.25) is 14.4 Å². The first kappa shape index (κ1) is 18.9. The number of carbonyl (C=O) groups excluding carboxylic acids is 3. The fourth-order valence-electron chi connectivity index (χ4n) is 2.92. The molecule has 1 fully saturated rings. The van der Waals surface area contributed by atoms with Crippen molar-refractivity contribution in [3.8, 4) is 0 Å². The van der Waals surface area contributed by atoms with E-state index < -0.39 is 0 Å². The van der Waals surface area contributed by atoms with Gasteiger partial charge in [-0.05, 0) is 24.3 Å². The topological polar surface area (TPSA) is 69.7 Å². The lowest BCUT2D eigenvalue weighted by Gasteiger charge is -2.35. The van der Waals surface area contributed by atoms with Gasteiger partial charge in [0, 0.05) is 31.7 Å². The van der Waals surface area contributed by atoms with E-state index in [1.807, 2.05) is 6.07 Å². The van der Waals surface area contributed by atoms with Gasteiger partial charge in [-0.1, -0.05) is 41.9 Å². The Morgan fingerprint density at radius 1 is 0.852 bits per heavy atom. The van der Waals surface area contributed by atoms with Crippen molar-refractivity contribution in [1.82, 2.24) is 15.1 Å². The lowest BCUT2D eigenvalue weighted by atomic mass is 10.2. The zero-order valence-corrected chi connectivity index (χ0v) is 15.5. The van der Waals surface area contributed by atoms with Gasteiger partial charge in [0.15, 0.2) is 0 Å². The molecular formula is C20H20ClN3O3. The first-order valence-corrected chi connectivity index (χ1v) is 9.09. The summed E-state index contributed by atoms with van der Waals surface area (Å²) in [6.07, 6.45) is 0. The minimum absolute atomic E-state index is 0.0633. The van der Waals surface area contributed by atoms with Crippen LogP contribution in [-0.2, 0) is 4.79 Å². The van der Waals surface area contributed by atoms with Crippen molar-refractivity contribution in [2.45, 2.75) is 0 Å². The summed E-state index contributed by atoms with van der Waals surface area (Å²) in [5, 5.41) is 3.06. The molecule has 0 unspecified atom stereocenters. The Hall–Kier alpha value is -2.86. The third-order valence-corrected chi connectivity index (χ3v) is 4.79. The van der Waals surface area contributed by atoms with E-state index in [0.29, 0.717) is 42.3 Å². The van der Waals surface area contributed by atoms with Crippen molar-refractivity contribution >= 4 is 29.3 Å². The van der Waals surface area contributed by atoms with Gasteiger partial charge in [0.05, 0.1) is 17.1 Å². The minimum atomic E-state index is -0.281. The van der Waals surface area contributed by atoms with Gasteiger partial charge in [-0.25, -0.2) is 0 Å². The number of nitrogens with zero attached hydrogens (tertiary/aromatic N) is 2. The zero-order valence-electron chi connectivity index (χ0n) is 14.7. The second kappa shape index (κ2) is 8.68. The highest BCUT2D eigenvalue weighted by Gasteiger charge is 2.25. The average molecular weight is 386 g/mol. The first-order valence-electron chi connectivity index (χ1n) is 8.71. The van der Waals surface area contributed by atoms with Crippen LogP contribution in [0.15, 0.2) is 54.6 Å². The van der Waals surface area contributed by atoms with Gasteiger partial charge >= 0.3 is 0 Å². The Balaban J connectivity index is 1.49. The van der Waals surface area contributed by atoms with E-state index >= 15 is 0 Å². The fourth-order valence-corrected chi connectivity index (χ4v) is 3.14. The molecule has 0 saturated carbocycles. The zero-order chi connectivity index (χ0) is 19.2. The van der Waals surface area contributed by atoms with Crippen molar-refractivity contribution < 1.29 is 14.4 Å². The number of halogens is 1. The van der Waals surface area contributed by atoms with Crippen molar-refractivity contribution in [1.29, 1.82) is 0 Å². The summed E-state index contributed by atoms with van der Waals surface area (Å²) >= 11 is 6.09.